The van der Waals surface area contributed by atoms with Crippen molar-refractivity contribution in [2.24, 2.45) is 0 Å². The van der Waals surface area contributed by atoms with Crippen LogP contribution in [0.25, 0.3) is 0 Å². The molecule has 1 N–H and O–H groups in total. The van der Waals surface area contributed by atoms with Crippen LogP contribution in [-0.4, -0.2) is 29.3 Å². The molecule has 0 saturated heterocycles. The highest BCUT2D eigenvalue weighted by molar-refractivity contribution is 7.95. The third-order valence-corrected chi connectivity index (χ3v) is 6.23. The van der Waals surface area contributed by atoms with Crippen molar-refractivity contribution < 1.29 is 27.2 Å². The third kappa shape index (κ3) is 9.18. The van der Waals surface area contributed by atoms with Crippen LogP contribution in [0.2, 0.25) is 0 Å². The Morgan fingerprint density at radius 1 is 0.935 bits per heavy atom. The number of benzene rings is 3. The van der Waals surface area contributed by atoms with Gasteiger partial charge in [0.1, 0.15) is 17.8 Å². The zero-order valence-electron chi connectivity index (χ0n) is 16.6. The molecule has 8 nitrogen and oxygen atoms in total. The van der Waals surface area contributed by atoms with Crippen LogP contribution in [0.4, 0.5) is 5.69 Å². The fourth-order valence-corrected chi connectivity index (χ4v) is 4.18. The van der Waals surface area contributed by atoms with Crippen molar-refractivity contribution in [3.63, 3.8) is 0 Å². The Hall–Kier alpha value is -2.92. The lowest BCUT2D eigenvalue weighted by molar-refractivity contribution is -0.384. The van der Waals surface area contributed by atoms with Crippen molar-refractivity contribution in [3.05, 3.63) is 100 Å². The standard InChI is InChI=1S/C14H14OS.C7H7NO6S/c1-16(11-12-5-3-2-4-6-12)14-9-7-13(15)8-10-14;9-8(10)7-3-1-6(2-4-7)5-14-15(11,12)13/h2-10H,11H2,1H3;1-4H,5H2,(H,11,12,13). The molecule has 3 rings (SSSR count). The number of aromatic hydroxyl groups is 1. The molecule has 0 radical (unpaired) electrons. The van der Waals surface area contributed by atoms with Crippen LogP contribution in [0.5, 0.6) is 5.75 Å². The molecule has 1 unspecified atom stereocenters. The predicted octanol–water partition coefficient (Wildman–Crippen LogP) is 3.77. The minimum absolute atomic E-state index is 0.122. The van der Waals surface area contributed by atoms with Gasteiger partial charge in [-0.25, -0.2) is 8.42 Å². The van der Waals surface area contributed by atoms with Gasteiger partial charge in [0.2, 0.25) is 10.4 Å². The van der Waals surface area contributed by atoms with E-state index >= 15 is 0 Å². The minimum atomic E-state index is -4.73. The highest BCUT2D eigenvalue weighted by atomic mass is 32.3. The molecule has 3 aromatic carbocycles. The van der Waals surface area contributed by atoms with E-state index in [1.54, 1.807) is 12.1 Å². The molecule has 0 fully saturated rings. The SMILES string of the molecule is C[S+](Cc1ccccc1)c1ccc(O)cc1.O=[N+]([O-])c1ccc(COS(=O)(=O)[O-])cc1. The first-order valence-electron chi connectivity index (χ1n) is 8.93. The van der Waals surface area contributed by atoms with Crippen molar-refractivity contribution >= 4 is 27.0 Å². The highest BCUT2D eigenvalue weighted by Gasteiger charge is 2.15. The maximum absolute atomic E-state index is 10.3. The lowest BCUT2D eigenvalue weighted by atomic mass is 10.2. The van der Waals surface area contributed by atoms with Gasteiger partial charge in [-0.15, -0.1) is 0 Å². The first-order valence-corrected chi connectivity index (χ1v) is 12.1. The van der Waals surface area contributed by atoms with Gasteiger partial charge in [0.15, 0.2) is 4.90 Å². The van der Waals surface area contributed by atoms with E-state index in [9.17, 15) is 28.2 Å². The van der Waals surface area contributed by atoms with Gasteiger partial charge >= 0.3 is 0 Å². The van der Waals surface area contributed by atoms with E-state index in [2.05, 4.69) is 34.7 Å². The molecule has 0 amide bonds. The molecule has 0 aliphatic rings. The molecular weight excluding hydrogens is 442 g/mol. The number of nitro groups is 1. The summed E-state index contributed by atoms with van der Waals surface area (Å²) in [4.78, 5) is 11.0. The minimum Gasteiger partial charge on any atom is -0.726 e. The summed E-state index contributed by atoms with van der Waals surface area (Å²) < 4.78 is 34.2. The van der Waals surface area contributed by atoms with Crippen LogP contribution >= 0.6 is 0 Å². The molecule has 3 aromatic rings. The lowest BCUT2D eigenvalue weighted by Gasteiger charge is -2.06. The van der Waals surface area contributed by atoms with E-state index in [-0.39, 0.29) is 16.6 Å². The van der Waals surface area contributed by atoms with Crippen molar-refractivity contribution in [2.75, 3.05) is 6.26 Å². The number of hydrogen-bond donors (Lipinski definition) is 1. The van der Waals surface area contributed by atoms with E-state index in [1.165, 1.54) is 34.7 Å². The van der Waals surface area contributed by atoms with Gasteiger partial charge in [-0.1, -0.05) is 30.3 Å². The number of nitro benzene ring substituents is 1. The van der Waals surface area contributed by atoms with Crippen molar-refractivity contribution in [1.29, 1.82) is 0 Å². The van der Waals surface area contributed by atoms with Crippen LogP contribution in [0.1, 0.15) is 11.1 Å². The van der Waals surface area contributed by atoms with Gasteiger partial charge in [0, 0.05) is 28.6 Å². The number of hydrogen-bond acceptors (Lipinski definition) is 7. The monoisotopic (exact) mass is 463 g/mol. The molecule has 0 heterocycles. The van der Waals surface area contributed by atoms with E-state index in [0.29, 0.717) is 11.3 Å². The number of nitrogens with zero attached hydrogens (tertiary/aromatic N) is 1. The van der Waals surface area contributed by atoms with E-state index in [1.807, 2.05) is 18.2 Å². The molecule has 0 aliphatic carbocycles. The molecule has 0 aromatic heterocycles. The fourth-order valence-electron chi connectivity index (χ4n) is 2.44. The smallest absolute Gasteiger partial charge is 0.269 e. The summed E-state index contributed by atoms with van der Waals surface area (Å²) in [6, 6.07) is 23.0. The average molecular weight is 464 g/mol. The number of non-ortho nitro benzene ring substituents is 1. The highest BCUT2D eigenvalue weighted by Crippen LogP contribution is 2.19. The maximum atomic E-state index is 10.3. The molecule has 31 heavy (non-hydrogen) atoms. The Labute approximate surface area is 183 Å². The fraction of sp³-hybridized carbons (Fsp3) is 0.143. The molecule has 10 heteroatoms. The van der Waals surface area contributed by atoms with Gasteiger partial charge in [0.25, 0.3) is 5.69 Å². The van der Waals surface area contributed by atoms with Crippen molar-refractivity contribution in [1.82, 2.24) is 0 Å². The molecule has 164 valence electrons. The molecule has 0 bridgehead atoms. The van der Waals surface area contributed by atoms with Gasteiger partial charge < -0.3 is 9.66 Å². The Balaban J connectivity index is 0.000000221. The molecular formula is C21H21NO7S2. The number of phenolic OH excluding ortho intramolecular Hbond substituents is 1. The second-order valence-corrected chi connectivity index (χ2v) is 9.44. The zero-order chi connectivity index (χ0) is 22.9. The number of rotatable bonds is 7. The van der Waals surface area contributed by atoms with Crippen LogP contribution in [0.3, 0.4) is 0 Å². The summed E-state index contributed by atoms with van der Waals surface area (Å²) in [6.45, 7) is -0.427. The van der Waals surface area contributed by atoms with Gasteiger partial charge in [-0.2, -0.15) is 0 Å². The normalized spacial score (nSPS) is 11.8. The molecule has 0 aliphatic heterocycles. The van der Waals surface area contributed by atoms with E-state index in [4.69, 9.17) is 0 Å². The van der Waals surface area contributed by atoms with Crippen molar-refractivity contribution in [2.45, 2.75) is 17.3 Å². The Morgan fingerprint density at radius 2 is 1.52 bits per heavy atom. The largest absolute Gasteiger partial charge is 0.726 e. The van der Waals surface area contributed by atoms with Crippen molar-refractivity contribution in [3.8, 4) is 5.75 Å². The summed E-state index contributed by atoms with van der Waals surface area (Å²) in [6.07, 6.45) is 2.24. The Kier molecular flexibility index (Phi) is 9.01. The summed E-state index contributed by atoms with van der Waals surface area (Å²) >= 11 is 0. The summed E-state index contributed by atoms with van der Waals surface area (Å²) in [5.41, 5.74) is 1.60. The summed E-state index contributed by atoms with van der Waals surface area (Å²) in [5, 5.41) is 19.5. The zero-order valence-corrected chi connectivity index (χ0v) is 18.2. The van der Waals surface area contributed by atoms with Gasteiger partial charge in [-0.05, 0) is 42.0 Å². The van der Waals surface area contributed by atoms with E-state index in [0.717, 1.165) is 5.75 Å². The van der Waals surface area contributed by atoms with Crippen LogP contribution in [0, 0.1) is 10.1 Å². The maximum Gasteiger partial charge on any atom is 0.269 e. The average Bonchev–Trinajstić information content (AvgIpc) is 2.74. The second kappa shape index (κ2) is 11.5. The second-order valence-electron chi connectivity index (χ2n) is 6.35. The van der Waals surface area contributed by atoms with E-state index < -0.39 is 21.9 Å². The first kappa shape index (κ1) is 24.4. The Morgan fingerprint density at radius 3 is 2.03 bits per heavy atom. The molecule has 0 spiro atoms. The van der Waals surface area contributed by atoms with Crippen LogP contribution < -0.4 is 0 Å². The first-order chi connectivity index (χ1) is 14.6. The quantitative estimate of drug-likeness (QED) is 0.186. The van der Waals surface area contributed by atoms with Crippen LogP contribution in [-0.2, 0) is 37.8 Å². The summed E-state index contributed by atoms with van der Waals surface area (Å²) in [7, 11) is -4.54. The third-order valence-electron chi connectivity index (χ3n) is 3.98. The van der Waals surface area contributed by atoms with Gasteiger partial charge in [0.05, 0.1) is 11.5 Å². The lowest BCUT2D eigenvalue weighted by Crippen LogP contribution is -2.03. The Bertz CT molecular complexity index is 1070. The molecule has 1 atom stereocenters. The predicted molar refractivity (Wildman–Crippen MR) is 117 cm³/mol. The molecule has 0 saturated carbocycles. The number of phenols is 1. The topological polar surface area (TPSA) is 130 Å². The van der Waals surface area contributed by atoms with Crippen LogP contribution in [0.15, 0.2) is 83.8 Å². The van der Waals surface area contributed by atoms with Gasteiger partial charge in [-0.3, -0.25) is 14.3 Å². The summed E-state index contributed by atoms with van der Waals surface area (Å²) in [5.74, 6) is 1.39.